The minimum absolute atomic E-state index is 0.0219. The van der Waals surface area contributed by atoms with Crippen LogP contribution < -0.4 is 15.4 Å². The average Bonchev–Trinajstić information content (AvgIpc) is 2.56. The lowest BCUT2D eigenvalue weighted by Gasteiger charge is -2.14. The molecule has 1 atom stereocenters. The SMILES string of the molecule is COc1cccc(C(O)CNC(=O)Nc2cc(F)ccc2Cl)c1. The highest BCUT2D eigenvalue weighted by atomic mass is 35.5. The molecule has 0 aliphatic carbocycles. The number of carbonyl (C=O) groups excluding carboxylic acids is 1. The molecule has 2 rings (SSSR count). The number of aliphatic hydroxyl groups is 1. The van der Waals surface area contributed by atoms with Gasteiger partial charge in [0.25, 0.3) is 0 Å². The third kappa shape index (κ3) is 4.84. The summed E-state index contributed by atoms with van der Waals surface area (Å²) >= 11 is 5.86. The van der Waals surface area contributed by atoms with Crippen molar-refractivity contribution in [3.8, 4) is 5.75 Å². The third-order valence-electron chi connectivity index (χ3n) is 3.11. The van der Waals surface area contributed by atoms with Gasteiger partial charge < -0.3 is 20.5 Å². The van der Waals surface area contributed by atoms with Crippen LogP contribution in [0.4, 0.5) is 14.9 Å². The Balaban J connectivity index is 1.92. The Hall–Kier alpha value is -2.31. The molecule has 122 valence electrons. The van der Waals surface area contributed by atoms with Crippen LogP contribution in [0.5, 0.6) is 5.75 Å². The van der Waals surface area contributed by atoms with Crippen molar-refractivity contribution in [2.75, 3.05) is 19.0 Å². The molecule has 5 nitrogen and oxygen atoms in total. The smallest absolute Gasteiger partial charge is 0.319 e. The van der Waals surface area contributed by atoms with Crippen molar-refractivity contribution in [1.82, 2.24) is 5.32 Å². The molecule has 2 aromatic rings. The molecule has 0 saturated heterocycles. The number of amides is 2. The Morgan fingerprint density at radius 3 is 2.87 bits per heavy atom. The maximum Gasteiger partial charge on any atom is 0.319 e. The second kappa shape index (κ2) is 7.80. The second-order valence-corrected chi connectivity index (χ2v) is 5.16. The zero-order chi connectivity index (χ0) is 16.8. The summed E-state index contributed by atoms with van der Waals surface area (Å²) < 4.78 is 18.2. The average molecular weight is 339 g/mol. The van der Waals surface area contributed by atoms with Gasteiger partial charge in [-0.3, -0.25) is 0 Å². The van der Waals surface area contributed by atoms with E-state index in [0.29, 0.717) is 11.3 Å². The molecule has 2 amide bonds. The summed E-state index contributed by atoms with van der Waals surface area (Å²) in [5, 5.41) is 15.2. The van der Waals surface area contributed by atoms with Gasteiger partial charge in [-0.1, -0.05) is 23.7 Å². The van der Waals surface area contributed by atoms with E-state index in [-0.39, 0.29) is 17.3 Å². The van der Waals surface area contributed by atoms with Gasteiger partial charge in [0.05, 0.1) is 23.9 Å². The van der Waals surface area contributed by atoms with Crippen molar-refractivity contribution in [3.05, 3.63) is 58.9 Å². The van der Waals surface area contributed by atoms with E-state index in [9.17, 15) is 14.3 Å². The standard InChI is InChI=1S/C16H16ClFN2O3/c1-23-12-4-2-3-10(7-12)15(21)9-19-16(22)20-14-8-11(18)5-6-13(14)17/h2-8,15,21H,9H2,1H3,(H2,19,20,22). The highest BCUT2D eigenvalue weighted by molar-refractivity contribution is 6.33. The van der Waals surface area contributed by atoms with E-state index >= 15 is 0 Å². The molecule has 0 aliphatic heterocycles. The van der Waals surface area contributed by atoms with Crippen LogP contribution in [0.1, 0.15) is 11.7 Å². The molecule has 0 aliphatic rings. The molecule has 0 radical (unpaired) electrons. The summed E-state index contributed by atoms with van der Waals surface area (Å²) in [6.07, 6.45) is -0.904. The van der Waals surface area contributed by atoms with Crippen LogP contribution in [0, 0.1) is 5.82 Å². The molecule has 3 N–H and O–H groups in total. The van der Waals surface area contributed by atoms with Crippen molar-refractivity contribution in [2.45, 2.75) is 6.10 Å². The van der Waals surface area contributed by atoms with Gasteiger partial charge in [-0.2, -0.15) is 0 Å². The predicted molar refractivity (Wildman–Crippen MR) is 86.4 cm³/mol. The van der Waals surface area contributed by atoms with Crippen LogP contribution in [-0.4, -0.2) is 24.8 Å². The van der Waals surface area contributed by atoms with Gasteiger partial charge in [-0.05, 0) is 35.9 Å². The van der Waals surface area contributed by atoms with E-state index in [1.54, 1.807) is 24.3 Å². The Kier molecular flexibility index (Phi) is 5.78. The number of rotatable bonds is 5. The largest absolute Gasteiger partial charge is 0.497 e. The lowest BCUT2D eigenvalue weighted by Crippen LogP contribution is -2.32. The van der Waals surface area contributed by atoms with Gasteiger partial charge >= 0.3 is 6.03 Å². The summed E-state index contributed by atoms with van der Waals surface area (Å²) in [6.45, 7) is -0.0219. The summed E-state index contributed by atoms with van der Waals surface area (Å²) in [6, 6.07) is 9.94. The van der Waals surface area contributed by atoms with Gasteiger partial charge in [0.1, 0.15) is 11.6 Å². The minimum Gasteiger partial charge on any atom is -0.497 e. The molecular formula is C16H16ClFN2O3. The fraction of sp³-hybridized carbons (Fsp3) is 0.188. The molecular weight excluding hydrogens is 323 g/mol. The van der Waals surface area contributed by atoms with Crippen LogP contribution in [0.3, 0.4) is 0 Å². The Labute approximate surface area is 138 Å². The number of aliphatic hydroxyl groups excluding tert-OH is 1. The summed E-state index contributed by atoms with van der Waals surface area (Å²) in [7, 11) is 1.53. The fourth-order valence-corrected chi connectivity index (χ4v) is 2.08. The molecule has 0 bridgehead atoms. The van der Waals surface area contributed by atoms with Crippen molar-refractivity contribution in [2.24, 2.45) is 0 Å². The number of hydrogen-bond donors (Lipinski definition) is 3. The molecule has 0 saturated carbocycles. The number of nitrogens with one attached hydrogen (secondary N) is 2. The van der Waals surface area contributed by atoms with Crippen LogP contribution in [0.25, 0.3) is 0 Å². The van der Waals surface area contributed by atoms with E-state index in [0.717, 1.165) is 6.07 Å². The molecule has 0 aromatic heterocycles. The van der Waals surface area contributed by atoms with Gasteiger partial charge in [0.15, 0.2) is 0 Å². The molecule has 0 fully saturated rings. The number of urea groups is 1. The highest BCUT2D eigenvalue weighted by Crippen LogP contribution is 2.22. The number of anilines is 1. The first-order chi connectivity index (χ1) is 11.0. The van der Waals surface area contributed by atoms with Crippen LogP contribution >= 0.6 is 11.6 Å². The van der Waals surface area contributed by atoms with E-state index in [2.05, 4.69) is 10.6 Å². The van der Waals surface area contributed by atoms with E-state index < -0.39 is 18.0 Å². The monoisotopic (exact) mass is 338 g/mol. The predicted octanol–water partition coefficient (Wildman–Crippen LogP) is 3.34. The second-order valence-electron chi connectivity index (χ2n) is 4.75. The highest BCUT2D eigenvalue weighted by Gasteiger charge is 2.11. The van der Waals surface area contributed by atoms with Crippen molar-refractivity contribution in [3.63, 3.8) is 0 Å². The Morgan fingerprint density at radius 2 is 2.13 bits per heavy atom. The first-order valence-electron chi connectivity index (χ1n) is 6.81. The normalized spacial score (nSPS) is 11.7. The molecule has 23 heavy (non-hydrogen) atoms. The minimum atomic E-state index is -0.904. The molecule has 2 aromatic carbocycles. The number of benzene rings is 2. The summed E-state index contributed by atoms with van der Waals surface area (Å²) in [5.74, 6) is 0.0960. The Bertz CT molecular complexity index is 697. The molecule has 7 heteroatoms. The first kappa shape index (κ1) is 17.1. The summed E-state index contributed by atoms with van der Waals surface area (Å²) in [5.41, 5.74) is 0.758. The van der Waals surface area contributed by atoms with Gasteiger partial charge in [-0.15, -0.1) is 0 Å². The lowest BCUT2D eigenvalue weighted by atomic mass is 10.1. The van der Waals surface area contributed by atoms with Gasteiger partial charge in [0, 0.05) is 6.54 Å². The quantitative estimate of drug-likeness (QED) is 0.783. The number of methoxy groups -OCH3 is 1. The Morgan fingerprint density at radius 1 is 1.35 bits per heavy atom. The van der Waals surface area contributed by atoms with Gasteiger partial charge in [0.2, 0.25) is 0 Å². The third-order valence-corrected chi connectivity index (χ3v) is 3.44. The number of ether oxygens (including phenoxy) is 1. The van der Waals surface area contributed by atoms with Crippen LogP contribution in [0.15, 0.2) is 42.5 Å². The van der Waals surface area contributed by atoms with Crippen LogP contribution in [0.2, 0.25) is 5.02 Å². The number of halogens is 2. The molecule has 0 spiro atoms. The number of hydrogen-bond acceptors (Lipinski definition) is 3. The topological polar surface area (TPSA) is 70.6 Å². The van der Waals surface area contributed by atoms with E-state index in [1.807, 2.05) is 0 Å². The van der Waals surface area contributed by atoms with Crippen molar-refractivity contribution in [1.29, 1.82) is 0 Å². The van der Waals surface area contributed by atoms with Crippen molar-refractivity contribution < 1.29 is 19.0 Å². The number of carbonyl (C=O) groups is 1. The van der Waals surface area contributed by atoms with Crippen molar-refractivity contribution >= 4 is 23.3 Å². The first-order valence-corrected chi connectivity index (χ1v) is 7.19. The molecule has 1 unspecified atom stereocenters. The van der Waals surface area contributed by atoms with E-state index in [4.69, 9.17) is 16.3 Å². The van der Waals surface area contributed by atoms with Crippen LogP contribution in [-0.2, 0) is 0 Å². The molecule has 0 heterocycles. The zero-order valence-corrected chi connectivity index (χ0v) is 13.1. The maximum atomic E-state index is 13.1. The zero-order valence-electron chi connectivity index (χ0n) is 12.3. The van der Waals surface area contributed by atoms with Gasteiger partial charge in [-0.25, -0.2) is 9.18 Å². The fourth-order valence-electron chi connectivity index (χ4n) is 1.92. The summed E-state index contributed by atoms with van der Waals surface area (Å²) in [4.78, 5) is 11.8. The lowest BCUT2D eigenvalue weighted by molar-refractivity contribution is 0.175. The maximum absolute atomic E-state index is 13.1. The van der Waals surface area contributed by atoms with E-state index in [1.165, 1.54) is 19.2 Å².